The van der Waals surface area contributed by atoms with Crippen LogP contribution >= 0.6 is 0 Å². The number of hydrogen-bond acceptors (Lipinski definition) is 1. The van der Waals surface area contributed by atoms with Crippen LogP contribution in [-0.4, -0.2) is 23.5 Å². The zero-order valence-corrected chi connectivity index (χ0v) is 12.8. The number of nitrogens with one attached hydrogen (secondary N) is 1. The highest BCUT2D eigenvalue weighted by molar-refractivity contribution is 5.89. The molecule has 0 unspecified atom stereocenters. The molecule has 0 bridgehead atoms. The predicted molar refractivity (Wildman–Crippen MR) is 83.9 cm³/mol. The molecule has 1 aromatic carbocycles. The van der Waals surface area contributed by atoms with E-state index < -0.39 is 0 Å². The van der Waals surface area contributed by atoms with E-state index in [2.05, 4.69) is 12.2 Å². The second-order valence-electron chi connectivity index (χ2n) is 5.75. The Morgan fingerprint density at radius 2 is 2.00 bits per heavy atom. The number of urea groups is 1. The Morgan fingerprint density at radius 1 is 1.29 bits per heavy atom. The zero-order valence-electron chi connectivity index (χ0n) is 12.8. The summed E-state index contributed by atoms with van der Waals surface area (Å²) in [7, 11) is 0. The molecule has 0 atom stereocenters. The molecule has 116 valence electrons. The maximum absolute atomic E-state index is 13.7. The van der Waals surface area contributed by atoms with Crippen LogP contribution in [0.1, 0.15) is 51.9 Å². The van der Waals surface area contributed by atoms with Gasteiger partial charge in [-0.15, -0.1) is 0 Å². The van der Waals surface area contributed by atoms with Crippen molar-refractivity contribution in [3.63, 3.8) is 0 Å². The summed E-state index contributed by atoms with van der Waals surface area (Å²) >= 11 is 0. The first-order valence-electron chi connectivity index (χ1n) is 8.04. The minimum Gasteiger partial charge on any atom is -0.322 e. The number of para-hydroxylation sites is 1. The molecule has 0 heterocycles. The van der Waals surface area contributed by atoms with Gasteiger partial charge in [0.1, 0.15) is 5.82 Å². The molecule has 1 fully saturated rings. The van der Waals surface area contributed by atoms with Crippen LogP contribution < -0.4 is 5.32 Å². The van der Waals surface area contributed by atoms with E-state index in [0.29, 0.717) is 6.04 Å². The molecular formula is C17H25FN2O. The number of carbonyl (C=O) groups is 1. The van der Waals surface area contributed by atoms with Gasteiger partial charge in [-0.3, -0.25) is 0 Å². The van der Waals surface area contributed by atoms with E-state index in [9.17, 15) is 9.18 Å². The molecule has 0 radical (unpaired) electrons. The SMILES string of the molecule is CCCCN(C(=O)Nc1ccccc1F)C1CCCCC1. The number of amides is 2. The van der Waals surface area contributed by atoms with Gasteiger partial charge in [0, 0.05) is 12.6 Å². The van der Waals surface area contributed by atoms with Crippen molar-refractivity contribution in [2.45, 2.75) is 57.9 Å². The topological polar surface area (TPSA) is 32.3 Å². The molecule has 0 aromatic heterocycles. The van der Waals surface area contributed by atoms with Gasteiger partial charge < -0.3 is 10.2 Å². The molecule has 1 aliphatic rings. The maximum Gasteiger partial charge on any atom is 0.322 e. The fraction of sp³-hybridized carbons (Fsp3) is 0.588. The molecule has 1 saturated carbocycles. The number of hydrogen-bond donors (Lipinski definition) is 1. The summed E-state index contributed by atoms with van der Waals surface area (Å²) < 4.78 is 13.7. The molecule has 3 nitrogen and oxygen atoms in total. The lowest BCUT2D eigenvalue weighted by molar-refractivity contribution is 0.166. The smallest absolute Gasteiger partial charge is 0.322 e. The quantitative estimate of drug-likeness (QED) is 0.831. The molecule has 21 heavy (non-hydrogen) atoms. The van der Waals surface area contributed by atoms with Gasteiger partial charge in [-0.05, 0) is 31.4 Å². The van der Waals surface area contributed by atoms with Gasteiger partial charge in [-0.25, -0.2) is 9.18 Å². The highest BCUT2D eigenvalue weighted by Gasteiger charge is 2.25. The molecule has 0 saturated heterocycles. The van der Waals surface area contributed by atoms with Crippen LogP contribution in [0, 0.1) is 5.82 Å². The average molecular weight is 292 g/mol. The second-order valence-corrected chi connectivity index (χ2v) is 5.75. The Morgan fingerprint density at radius 3 is 2.67 bits per heavy atom. The van der Waals surface area contributed by atoms with Crippen molar-refractivity contribution in [1.82, 2.24) is 4.90 Å². The number of rotatable bonds is 5. The summed E-state index contributed by atoms with van der Waals surface area (Å²) in [6, 6.07) is 6.47. The van der Waals surface area contributed by atoms with Gasteiger partial charge in [-0.2, -0.15) is 0 Å². The number of carbonyl (C=O) groups excluding carboxylic acids is 1. The van der Waals surface area contributed by atoms with Crippen molar-refractivity contribution in [3.8, 4) is 0 Å². The Bertz CT molecular complexity index is 458. The van der Waals surface area contributed by atoms with Crippen molar-refractivity contribution < 1.29 is 9.18 Å². The van der Waals surface area contributed by atoms with Gasteiger partial charge in [-0.1, -0.05) is 44.7 Å². The first-order valence-corrected chi connectivity index (χ1v) is 8.04. The first-order chi connectivity index (χ1) is 10.2. The Labute approximate surface area is 126 Å². The van der Waals surface area contributed by atoms with Crippen LogP contribution in [0.2, 0.25) is 0 Å². The van der Waals surface area contributed by atoms with Crippen LogP contribution in [0.3, 0.4) is 0 Å². The molecule has 4 heteroatoms. The standard InChI is InChI=1S/C17H25FN2O/c1-2-3-13-20(14-9-5-4-6-10-14)17(21)19-16-12-8-7-11-15(16)18/h7-8,11-12,14H,2-6,9-10,13H2,1H3,(H,19,21). The van der Waals surface area contributed by atoms with Gasteiger partial charge in [0.05, 0.1) is 5.69 Å². The molecule has 1 aliphatic carbocycles. The lowest BCUT2D eigenvalue weighted by Gasteiger charge is -2.34. The van der Waals surface area contributed by atoms with E-state index in [1.165, 1.54) is 25.3 Å². The van der Waals surface area contributed by atoms with Crippen molar-refractivity contribution >= 4 is 11.7 Å². The van der Waals surface area contributed by atoms with Crippen molar-refractivity contribution in [1.29, 1.82) is 0 Å². The summed E-state index contributed by atoms with van der Waals surface area (Å²) in [6.07, 6.45) is 7.79. The molecular weight excluding hydrogens is 267 g/mol. The van der Waals surface area contributed by atoms with E-state index in [-0.39, 0.29) is 17.5 Å². The van der Waals surface area contributed by atoms with Crippen molar-refractivity contribution in [2.75, 3.05) is 11.9 Å². The maximum atomic E-state index is 13.7. The van der Waals surface area contributed by atoms with E-state index in [4.69, 9.17) is 0 Å². The Hall–Kier alpha value is -1.58. The fourth-order valence-electron chi connectivity index (χ4n) is 2.92. The number of anilines is 1. The average Bonchev–Trinajstić information content (AvgIpc) is 2.51. The van der Waals surface area contributed by atoms with Crippen molar-refractivity contribution in [2.24, 2.45) is 0 Å². The number of nitrogens with zero attached hydrogens (tertiary/aromatic N) is 1. The molecule has 2 amide bonds. The van der Waals surface area contributed by atoms with Crippen molar-refractivity contribution in [3.05, 3.63) is 30.1 Å². The molecule has 0 aliphatic heterocycles. The predicted octanol–water partition coefficient (Wildman–Crippen LogP) is 4.79. The highest BCUT2D eigenvalue weighted by Crippen LogP contribution is 2.24. The molecule has 1 aromatic rings. The lowest BCUT2D eigenvalue weighted by atomic mass is 9.94. The monoisotopic (exact) mass is 292 g/mol. The van der Waals surface area contributed by atoms with E-state index in [1.807, 2.05) is 4.90 Å². The Kier molecular flexibility index (Phi) is 6.03. The zero-order chi connectivity index (χ0) is 15.1. The Balaban J connectivity index is 2.04. The second kappa shape index (κ2) is 8.01. The van der Waals surface area contributed by atoms with Crippen LogP contribution in [-0.2, 0) is 0 Å². The van der Waals surface area contributed by atoms with E-state index in [1.54, 1.807) is 18.2 Å². The molecule has 1 N–H and O–H groups in total. The van der Waals surface area contributed by atoms with E-state index >= 15 is 0 Å². The normalized spacial score (nSPS) is 15.7. The van der Waals surface area contributed by atoms with Gasteiger partial charge in [0.2, 0.25) is 0 Å². The van der Waals surface area contributed by atoms with Gasteiger partial charge in [0.25, 0.3) is 0 Å². The third-order valence-corrected chi connectivity index (χ3v) is 4.14. The molecule has 2 rings (SSSR count). The van der Waals surface area contributed by atoms with Crippen LogP contribution in [0.25, 0.3) is 0 Å². The number of unbranched alkanes of at least 4 members (excludes halogenated alkanes) is 1. The third kappa shape index (κ3) is 4.45. The first kappa shape index (κ1) is 15.8. The van der Waals surface area contributed by atoms with Gasteiger partial charge >= 0.3 is 6.03 Å². The highest BCUT2D eigenvalue weighted by atomic mass is 19.1. The third-order valence-electron chi connectivity index (χ3n) is 4.14. The largest absolute Gasteiger partial charge is 0.322 e. The van der Waals surface area contributed by atoms with E-state index in [0.717, 1.165) is 32.2 Å². The minimum atomic E-state index is -0.384. The van der Waals surface area contributed by atoms with Crippen LogP contribution in [0.5, 0.6) is 0 Å². The van der Waals surface area contributed by atoms with Gasteiger partial charge in [0.15, 0.2) is 0 Å². The number of benzene rings is 1. The summed E-state index contributed by atoms with van der Waals surface area (Å²) in [5, 5.41) is 2.73. The van der Waals surface area contributed by atoms with Crippen LogP contribution in [0.15, 0.2) is 24.3 Å². The summed E-state index contributed by atoms with van der Waals surface area (Å²) in [5.74, 6) is -0.384. The molecule has 0 spiro atoms. The minimum absolute atomic E-state index is 0.166. The summed E-state index contributed by atoms with van der Waals surface area (Å²) in [6.45, 7) is 2.87. The lowest BCUT2D eigenvalue weighted by Crippen LogP contribution is -2.44. The fourth-order valence-corrected chi connectivity index (χ4v) is 2.92. The summed E-state index contributed by atoms with van der Waals surface area (Å²) in [4.78, 5) is 14.4. The summed E-state index contributed by atoms with van der Waals surface area (Å²) in [5.41, 5.74) is 0.264. The van der Waals surface area contributed by atoms with Crippen LogP contribution in [0.4, 0.5) is 14.9 Å². The number of halogens is 1.